The summed E-state index contributed by atoms with van der Waals surface area (Å²) >= 11 is 0. The molecule has 7 heteroatoms. The van der Waals surface area contributed by atoms with Gasteiger partial charge < -0.3 is 10.6 Å². The fourth-order valence-electron chi connectivity index (χ4n) is 5.11. The first-order chi connectivity index (χ1) is 21.5. The highest BCUT2D eigenvalue weighted by molar-refractivity contribution is 6.09. The number of aromatic nitrogens is 3. The third kappa shape index (κ3) is 6.22. The topological polar surface area (TPSA) is 96.9 Å². The van der Waals surface area contributed by atoms with Crippen LogP contribution >= 0.6 is 0 Å². The number of hydrogen-bond acceptors (Lipinski definition) is 5. The van der Waals surface area contributed by atoms with Crippen LogP contribution < -0.4 is 10.6 Å². The van der Waals surface area contributed by atoms with Crippen molar-refractivity contribution in [2.75, 3.05) is 5.32 Å². The van der Waals surface area contributed by atoms with Gasteiger partial charge in [0.15, 0.2) is 0 Å². The Morgan fingerprint density at radius 2 is 1.36 bits per heavy atom. The molecule has 0 aliphatic rings. The number of nitrogens with one attached hydrogen (secondary N) is 2. The Morgan fingerprint density at radius 1 is 0.682 bits per heavy atom. The predicted molar refractivity (Wildman–Crippen MR) is 173 cm³/mol. The Morgan fingerprint density at radius 3 is 2.02 bits per heavy atom. The van der Waals surface area contributed by atoms with Crippen LogP contribution in [-0.2, 0) is 0 Å². The minimum Gasteiger partial charge on any atom is -0.338 e. The molecular formula is C37H31N5O2. The molecule has 6 rings (SSSR count). The Hall–Kier alpha value is -5.69. The zero-order valence-corrected chi connectivity index (χ0v) is 24.4. The lowest BCUT2D eigenvalue weighted by Crippen LogP contribution is -2.30. The smallest absolute Gasteiger partial charge is 0.256 e. The fraction of sp³-hybridized carbons (Fsp3) is 0.108. The van der Waals surface area contributed by atoms with Gasteiger partial charge in [-0.25, -0.2) is 0 Å². The average molecular weight is 578 g/mol. The Balaban J connectivity index is 1.20. The van der Waals surface area contributed by atoms with Crippen molar-refractivity contribution < 1.29 is 9.59 Å². The molecule has 216 valence electrons. The van der Waals surface area contributed by atoms with E-state index in [-0.39, 0.29) is 11.8 Å². The Bertz CT molecular complexity index is 1880. The van der Waals surface area contributed by atoms with E-state index in [0.29, 0.717) is 39.6 Å². The summed E-state index contributed by atoms with van der Waals surface area (Å²) in [5.41, 5.74) is 6.73. The summed E-state index contributed by atoms with van der Waals surface area (Å²) in [6, 6.07) is 33.8. The maximum atomic E-state index is 13.4. The summed E-state index contributed by atoms with van der Waals surface area (Å²) in [6.07, 6.45) is 4.91. The summed E-state index contributed by atoms with van der Waals surface area (Å²) in [7, 11) is 0. The van der Waals surface area contributed by atoms with Crippen LogP contribution in [0.4, 0.5) is 5.69 Å². The molecule has 44 heavy (non-hydrogen) atoms. The van der Waals surface area contributed by atoms with Gasteiger partial charge in [0.25, 0.3) is 11.8 Å². The van der Waals surface area contributed by atoms with Crippen LogP contribution in [0.5, 0.6) is 0 Å². The number of anilines is 1. The van der Waals surface area contributed by atoms with E-state index in [0.717, 1.165) is 16.5 Å². The van der Waals surface area contributed by atoms with Crippen molar-refractivity contribution in [3.63, 3.8) is 0 Å². The molecule has 0 saturated heterocycles. The van der Waals surface area contributed by atoms with Crippen LogP contribution in [0.2, 0.25) is 0 Å². The van der Waals surface area contributed by atoms with Gasteiger partial charge in [-0.05, 0) is 71.1 Å². The first-order valence-electron chi connectivity index (χ1n) is 14.5. The van der Waals surface area contributed by atoms with Crippen LogP contribution in [0.3, 0.4) is 0 Å². The lowest BCUT2D eigenvalue weighted by Gasteiger charge is -2.18. The second kappa shape index (κ2) is 12.7. The maximum Gasteiger partial charge on any atom is 0.256 e. The number of fused-ring (bicyclic) bond motifs is 1. The van der Waals surface area contributed by atoms with E-state index in [1.54, 1.807) is 24.5 Å². The molecule has 0 spiro atoms. The molecular weight excluding hydrogens is 546 g/mol. The van der Waals surface area contributed by atoms with Gasteiger partial charge in [0.05, 0.1) is 22.5 Å². The van der Waals surface area contributed by atoms with Crippen molar-refractivity contribution >= 4 is 28.4 Å². The summed E-state index contributed by atoms with van der Waals surface area (Å²) < 4.78 is 0. The van der Waals surface area contributed by atoms with Crippen molar-refractivity contribution in [3.05, 3.63) is 156 Å². The number of carbonyl (C=O) groups is 2. The minimum atomic E-state index is -0.519. The second-order valence-corrected chi connectivity index (χ2v) is 10.8. The summed E-state index contributed by atoms with van der Waals surface area (Å²) in [5, 5.41) is 6.84. The van der Waals surface area contributed by atoms with Gasteiger partial charge in [-0.1, -0.05) is 74.5 Å². The molecule has 7 nitrogen and oxygen atoms in total. The molecule has 0 unspecified atom stereocenters. The van der Waals surface area contributed by atoms with E-state index in [9.17, 15) is 9.59 Å². The van der Waals surface area contributed by atoms with Crippen molar-refractivity contribution in [1.29, 1.82) is 0 Å². The molecule has 0 radical (unpaired) electrons. The van der Waals surface area contributed by atoms with E-state index in [1.807, 2.05) is 72.8 Å². The van der Waals surface area contributed by atoms with E-state index in [4.69, 9.17) is 0 Å². The van der Waals surface area contributed by atoms with Crippen LogP contribution in [0, 0.1) is 0 Å². The first-order valence-corrected chi connectivity index (χ1v) is 14.5. The monoisotopic (exact) mass is 577 g/mol. The Kier molecular flexibility index (Phi) is 8.19. The van der Waals surface area contributed by atoms with E-state index in [2.05, 4.69) is 63.7 Å². The summed E-state index contributed by atoms with van der Waals surface area (Å²) in [4.78, 5) is 40.2. The van der Waals surface area contributed by atoms with Crippen LogP contribution in [-0.4, -0.2) is 26.8 Å². The van der Waals surface area contributed by atoms with Crippen molar-refractivity contribution in [3.8, 4) is 11.1 Å². The van der Waals surface area contributed by atoms with E-state index in [1.165, 1.54) is 11.8 Å². The predicted octanol–water partition coefficient (Wildman–Crippen LogP) is 7.59. The summed E-state index contributed by atoms with van der Waals surface area (Å²) in [6.45, 7) is 4.32. The number of nitrogens with zero attached hydrogens (tertiary/aromatic N) is 3. The lowest BCUT2D eigenvalue weighted by molar-refractivity contribution is 0.0940. The largest absolute Gasteiger partial charge is 0.338 e. The Labute approximate surface area is 256 Å². The molecule has 0 aliphatic heterocycles. The SMILES string of the molecule is CC(C)c1ccc(-c2ccccc2C(=O)Nc2ccc3cc(C(=O)NC(c4ccccn4)c4ccccn4)cnc3c2)cc1. The van der Waals surface area contributed by atoms with Crippen LogP contribution in [0.25, 0.3) is 22.0 Å². The highest BCUT2D eigenvalue weighted by atomic mass is 16.2. The number of benzene rings is 3. The van der Waals surface area contributed by atoms with Crippen molar-refractivity contribution in [2.45, 2.75) is 25.8 Å². The van der Waals surface area contributed by atoms with Crippen LogP contribution in [0.15, 0.2) is 128 Å². The number of pyridine rings is 3. The van der Waals surface area contributed by atoms with Gasteiger partial charge in [-0.3, -0.25) is 24.5 Å². The molecule has 2 amide bonds. The second-order valence-electron chi connectivity index (χ2n) is 10.8. The molecule has 0 fully saturated rings. The molecule has 3 aromatic carbocycles. The number of rotatable bonds is 8. The third-order valence-electron chi connectivity index (χ3n) is 7.51. The van der Waals surface area contributed by atoms with Crippen LogP contribution in [0.1, 0.15) is 63.5 Å². The average Bonchev–Trinajstić information content (AvgIpc) is 3.07. The first kappa shape index (κ1) is 28.4. The lowest BCUT2D eigenvalue weighted by atomic mass is 9.95. The van der Waals surface area contributed by atoms with Gasteiger partial charge in [0.2, 0.25) is 0 Å². The number of carbonyl (C=O) groups excluding carboxylic acids is 2. The highest BCUT2D eigenvalue weighted by Crippen LogP contribution is 2.27. The molecule has 0 bridgehead atoms. The molecule has 3 aromatic heterocycles. The number of amides is 2. The molecule has 6 aromatic rings. The van der Waals surface area contributed by atoms with Gasteiger partial charge in [0.1, 0.15) is 6.04 Å². The quantitative estimate of drug-likeness (QED) is 0.194. The minimum absolute atomic E-state index is 0.209. The van der Waals surface area contributed by atoms with E-state index >= 15 is 0 Å². The molecule has 0 saturated carbocycles. The third-order valence-corrected chi connectivity index (χ3v) is 7.51. The molecule has 3 heterocycles. The zero-order valence-electron chi connectivity index (χ0n) is 24.4. The standard InChI is InChI=1S/C37H31N5O2/c1-24(2)25-13-15-26(16-14-25)30-9-3-4-10-31(30)37(44)41-29-18-17-27-21-28(23-40-34(27)22-29)36(43)42-35(32-11-5-7-19-38-32)33-12-6-8-20-39-33/h3-24,35H,1-2H3,(H,41,44)(H,42,43). The number of hydrogen-bond donors (Lipinski definition) is 2. The normalized spacial score (nSPS) is 11.1. The van der Waals surface area contributed by atoms with Gasteiger partial charge >= 0.3 is 0 Å². The highest BCUT2D eigenvalue weighted by Gasteiger charge is 2.21. The van der Waals surface area contributed by atoms with Crippen molar-refractivity contribution in [2.24, 2.45) is 0 Å². The van der Waals surface area contributed by atoms with Gasteiger partial charge in [0, 0.05) is 35.2 Å². The molecule has 2 N–H and O–H groups in total. The summed E-state index contributed by atoms with van der Waals surface area (Å²) in [5.74, 6) is -0.0697. The van der Waals surface area contributed by atoms with Gasteiger partial charge in [-0.15, -0.1) is 0 Å². The maximum absolute atomic E-state index is 13.4. The molecule has 0 atom stereocenters. The fourth-order valence-corrected chi connectivity index (χ4v) is 5.11. The zero-order chi connectivity index (χ0) is 30.5. The van der Waals surface area contributed by atoms with Gasteiger partial charge in [-0.2, -0.15) is 0 Å². The van der Waals surface area contributed by atoms with E-state index < -0.39 is 6.04 Å². The van der Waals surface area contributed by atoms with Crippen molar-refractivity contribution in [1.82, 2.24) is 20.3 Å². The molecule has 0 aliphatic carbocycles.